The first kappa shape index (κ1) is 15.0. The van der Waals surface area contributed by atoms with Crippen molar-refractivity contribution in [1.82, 2.24) is 10.2 Å². The fourth-order valence-corrected chi connectivity index (χ4v) is 2.82. The van der Waals surface area contributed by atoms with Crippen LogP contribution in [0.4, 0.5) is 5.69 Å². The summed E-state index contributed by atoms with van der Waals surface area (Å²) < 4.78 is 0. The zero-order chi connectivity index (χ0) is 14.5. The quantitative estimate of drug-likeness (QED) is 0.884. The van der Waals surface area contributed by atoms with Crippen molar-refractivity contribution in [3.63, 3.8) is 0 Å². The van der Waals surface area contributed by atoms with Crippen LogP contribution in [0, 0.1) is 5.92 Å². The molecule has 1 aromatic rings. The molecule has 1 aromatic carbocycles. The number of piperidine rings is 1. The number of likely N-dealkylation sites (tertiary alicyclic amines) is 1. The maximum atomic E-state index is 11.0. The molecular formula is C16H25N3O. The van der Waals surface area contributed by atoms with Gasteiger partial charge in [0.05, 0.1) is 0 Å². The summed E-state index contributed by atoms with van der Waals surface area (Å²) >= 11 is 0. The number of amides is 1. The number of hydrogen-bond donors (Lipinski definition) is 2. The van der Waals surface area contributed by atoms with E-state index in [1.165, 1.54) is 32.0 Å². The average Bonchev–Trinajstić information content (AvgIpc) is 2.39. The molecule has 2 N–H and O–H groups in total. The summed E-state index contributed by atoms with van der Waals surface area (Å²) in [6, 6.07) is 8.64. The smallest absolute Gasteiger partial charge is 0.221 e. The number of carbonyl (C=O) groups is 1. The maximum Gasteiger partial charge on any atom is 0.221 e. The highest BCUT2D eigenvalue weighted by atomic mass is 16.1. The predicted octanol–water partition coefficient (Wildman–Crippen LogP) is 2.07. The molecular weight excluding hydrogens is 250 g/mol. The van der Waals surface area contributed by atoms with Crippen molar-refractivity contribution in [3.8, 4) is 0 Å². The molecule has 1 saturated heterocycles. The Kier molecular flexibility index (Phi) is 5.15. The highest BCUT2D eigenvalue weighted by Gasteiger charge is 2.23. The van der Waals surface area contributed by atoms with Gasteiger partial charge in [0.2, 0.25) is 5.91 Å². The minimum atomic E-state index is -0.0315. The molecule has 2 atom stereocenters. The summed E-state index contributed by atoms with van der Waals surface area (Å²) in [5.74, 6) is 0.656. The minimum absolute atomic E-state index is 0.0315. The maximum absolute atomic E-state index is 11.0. The average molecular weight is 275 g/mol. The van der Waals surface area contributed by atoms with Crippen molar-refractivity contribution in [2.24, 2.45) is 5.92 Å². The summed E-state index contributed by atoms with van der Waals surface area (Å²) in [6.45, 7) is 7.06. The van der Waals surface area contributed by atoms with Gasteiger partial charge >= 0.3 is 0 Å². The Morgan fingerprint density at radius 3 is 2.65 bits per heavy atom. The van der Waals surface area contributed by atoms with Crippen molar-refractivity contribution in [2.45, 2.75) is 32.9 Å². The van der Waals surface area contributed by atoms with Crippen LogP contribution in [0.3, 0.4) is 0 Å². The number of nitrogens with one attached hydrogen (secondary N) is 2. The van der Waals surface area contributed by atoms with E-state index in [9.17, 15) is 4.79 Å². The van der Waals surface area contributed by atoms with Gasteiger partial charge in [0, 0.05) is 31.7 Å². The van der Waals surface area contributed by atoms with Gasteiger partial charge in [0.25, 0.3) is 0 Å². The summed E-state index contributed by atoms with van der Waals surface area (Å²) in [5, 5.41) is 6.44. The second kappa shape index (κ2) is 6.86. The zero-order valence-corrected chi connectivity index (χ0v) is 12.6. The number of anilines is 1. The van der Waals surface area contributed by atoms with E-state index in [1.807, 2.05) is 12.1 Å². The van der Waals surface area contributed by atoms with Crippen LogP contribution in [-0.4, -0.2) is 37.0 Å². The molecule has 1 aliphatic heterocycles. The molecule has 20 heavy (non-hydrogen) atoms. The van der Waals surface area contributed by atoms with Crippen LogP contribution in [0.5, 0.6) is 0 Å². The van der Waals surface area contributed by atoms with Crippen LogP contribution < -0.4 is 10.6 Å². The number of nitrogens with zero attached hydrogens (tertiary/aromatic N) is 1. The number of hydrogen-bond acceptors (Lipinski definition) is 3. The van der Waals surface area contributed by atoms with E-state index in [2.05, 4.69) is 41.6 Å². The van der Waals surface area contributed by atoms with Gasteiger partial charge < -0.3 is 15.5 Å². The molecule has 1 amide bonds. The van der Waals surface area contributed by atoms with Crippen LogP contribution in [0.25, 0.3) is 0 Å². The molecule has 0 aliphatic carbocycles. The Hall–Kier alpha value is -1.39. The number of benzene rings is 1. The van der Waals surface area contributed by atoms with Crippen molar-refractivity contribution < 1.29 is 4.79 Å². The van der Waals surface area contributed by atoms with E-state index in [0.717, 1.165) is 12.2 Å². The van der Waals surface area contributed by atoms with Gasteiger partial charge in [-0.3, -0.25) is 4.79 Å². The SMILES string of the molecule is CC(=O)Nc1ccc(CNC2CCN(C)CC2C)cc1. The molecule has 0 aromatic heterocycles. The van der Waals surface area contributed by atoms with Crippen molar-refractivity contribution in [3.05, 3.63) is 29.8 Å². The van der Waals surface area contributed by atoms with Gasteiger partial charge in [-0.2, -0.15) is 0 Å². The molecule has 0 saturated carbocycles. The third kappa shape index (κ3) is 4.32. The van der Waals surface area contributed by atoms with Crippen LogP contribution in [-0.2, 0) is 11.3 Å². The molecule has 2 unspecified atom stereocenters. The molecule has 4 nitrogen and oxygen atoms in total. The van der Waals surface area contributed by atoms with Gasteiger partial charge in [0.15, 0.2) is 0 Å². The fraction of sp³-hybridized carbons (Fsp3) is 0.562. The van der Waals surface area contributed by atoms with E-state index in [0.29, 0.717) is 12.0 Å². The Morgan fingerprint density at radius 2 is 2.05 bits per heavy atom. The van der Waals surface area contributed by atoms with Crippen molar-refractivity contribution >= 4 is 11.6 Å². The molecule has 0 spiro atoms. The highest BCUT2D eigenvalue weighted by molar-refractivity contribution is 5.88. The predicted molar refractivity (Wildman–Crippen MR) is 82.7 cm³/mol. The van der Waals surface area contributed by atoms with E-state index in [4.69, 9.17) is 0 Å². The summed E-state index contributed by atoms with van der Waals surface area (Å²) in [4.78, 5) is 13.4. The Balaban J connectivity index is 1.83. The molecule has 1 heterocycles. The molecule has 110 valence electrons. The normalized spacial score (nSPS) is 23.6. The van der Waals surface area contributed by atoms with E-state index in [-0.39, 0.29) is 5.91 Å². The second-order valence-corrected chi connectivity index (χ2v) is 5.89. The molecule has 1 aliphatic rings. The van der Waals surface area contributed by atoms with Gasteiger partial charge in [-0.25, -0.2) is 0 Å². The van der Waals surface area contributed by atoms with E-state index >= 15 is 0 Å². The monoisotopic (exact) mass is 275 g/mol. The van der Waals surface area contributed by atoms with Gasteiger partial charge in [-0.05, 0) is 43.6 Å². The van der Waals surface area contributed by atoms with Gasteiger partial charge in [-0.15, -0.1) is 0 Å². The Bertz CT molecular complexity index is 444. The van der Waals surface area contributed by atoms with Crippen molar-refractivity contribution in [2.75, 3.05) is 25.5 Å². The van der Waals surface area contributed by atoms with Crippen LogP contribution >= 0.6 is 0 Å². The van der Waals surface area contributed by atoms with Crippen LogP contribution in [0.15, 0.2) is 24.3 Å². The molecule has 0 radical (unpaired) electrons. The minimum Gasteiger partial charge on any atom is -0.326 e. The first-order valence-corrected chi connectivity index (χ1v) is 7.33. The largest absolute Gasteiger partial charge is 0.326 e. The summed E-state index contributed by atoms with van der Waals surface area (Å²) in [7, 11) is 2.19. The molecule has 0 bridgehead atoms. The topological polar surface area (TPSA) is 44.4 Å². The molecule has 1 fully saturated rings. The number of carbonyl (C=O) groups excluding carboxylic acids is 1. The lowest BCUT2D eigenvalue weighted by molar-refractivity contribution is -0.114. The van der Waals surface area contributed by atoms with Crippen LogP contribution in [0.1, 0.15) is 25.8 Å². The van der Waals surface area contributed by atoms with E-state index < -0.39 is 0 Å². The van der Waals surface area contributed by atoms with Crippen LogP contribution in [0.2, 0.25) is 0 Å². The highest BCUT2D eigenvalue weighted by Crippen LogP contribution is 2.16. The van der Waals surface area contributed by atoms with Crippen molar-refractivity contribution in [1.29, 1.82) is 0 Å². The Morgan fingerprint density at radius 1 is 1.35 bits per heavy atom. The lowest BCUT2D eigenvalue weighted by atomic mass is 9.94. The lowest BCUT2D eigenvalue weighted by Gasteiger charge is -2.35. The molecule has 2 rings (SSSR count). The van der Waals surface area contributed by atoms with Gasteiger partial charge in [0.1, 0.15) is 0 Å². The first-order chi connectivity index (χ1) is 9.54. The lowest BCUT2D eigenvalue weighted by Crippen LogP contribution is -2.46. The Labute approximate surface area is 121 Å². The summed E-state index contributed by atoms with van der Waals surface area (Å²) in [5.41, 5.74) is 2.11. The van der Waals surface area contributed by atoms with Gasteiger partial charge in [-0.1, -0.05) is 19.1 Å². The van der Waals surface area contributed by atoms with E-state index in [1.54, 1.807) is 0 Å². The third-order valence-corrected chi connectivity index (χ3v) is 3.95. The number of rotatable bonds is 4. The fourth-order valence-electron chi connectivity index (χ4n) is 2.82. The zero-order valence-electron chi connectivity index (χ0n) is 12.6. The second-order valence-electron chi connectivity index (χ2n) is 5.89. The standard InChI is InChI=1S/C16H25N3O/c1-12-11-19(3)9-8-16(12)17-10-14-4-6-15(7-5-14)18-13(2)20/h4-7,12,16-17H,8-11H2,1-3H3,(H,18,20). The first-order valence-electron chi connectivity index (χ1n) is 7.33. The third-order valence-electron chi connectivity index (χ3n) is 3.95. The summed E-state index contributed by atoms with van der Waals surface area (Å²) in [6.07, 6.45) is 1.21. The molecule has 4 heteroatoms.